The average molecular weight is 321 g/mol. The standard InChI is InChI=1S/C15H14Cl2N4/c1-18-13(7-10-3-2-4-12(16)15(10)17)11-8-20-21-6-5-19-9-14(11)21/h2-6,8-9,13,18H,7H2,1H3. The van der Waals surface area contributed by atoms with E-state index in [4.69, 9.17) is 23.2 Å². The third-order valence-corrected chi connectivity index (χ3v) is 4.39. The van der Waals surface area contributed by atoms with Gasteiger partial charge < -0.3 is 5.32 Å². The Balaban J connectivity index is 1.97. The number of nitrogens with zero attached hydrogens (tertiary/aromatic N) is 3. The van der Waals surface area contributed by atoms with Gasteiger partial charge in [0.05, 0.1) is 28.0 Å². The van der Waals surface area contributed by atoms with Crippen LogP contribution in [-0.4, -0.2) is 21.6 Å². The van der Waals surface area contributed by atoms with Crippen LogP contribution in [0.3, 0.4) is 0 Å². The van der Waals surface area contributed by atoms with E-state index >= 15 is 0 Å². The zero-order valence-electron chi connectivity index (χ0n) is 11.4. The monoisotopic (exact) mass is 320 g/mol. The smallest absolute Gasteiger partial charge is 0.0892 e. The van der Waals surface area contributed by atoms with E-state index in [2.05, 4.69) is 15.4 Å². The Bertz CT molecular complexity index is 769. The number of benzene rings is 1. The normalized spacial score (nSPS) is 12.7. The molecule has 4 nitrogen and oxygen atoms in total. The van der Waals surface area contributed by atoms with Gasteiger partial charge in [0, 0.05) is 24.0 Å². The molecular weight excluding hydrogens is 307 g/mol. The van der Waals surface area contributed by atoms with E-state index < -0.39 is 0 Å². The van der Waals surface area contributed by atoms with Crippen molar-refractivity contribution in [2.45, 2.75) is 12.5 Å². The summed E-state index contributed by atoms with van der Waals surface area (Å²) >= 11 is 12.4. The summed E-state index contributed by atoms with van der Waals surface area (Å²) in [5, 5.41) is 8.84. The van der Waals surface area contributed by atoms with E-state index in [-0.39, 0.29) is 6.04 Å². The maximum atomic E-state index is 6.28. The van der Waals surface area contributed by atoms with Crippen molar-refractivity contribution in [1.29, 1.82) is 0 Å². The molecule has 0 fully saturated rings. The van der Waals surface area contributed by atoms with Gasteiger partial charge in [-0.05, 0) is 25.1 Å². The molecular formula is C15H14Cl2N4. The second kappa shape index (κ2) is 6.02. The van der Waals surface area contributed by atoms with Gasteiger partial charge in [0.15, 0.2) is 0 Å². The third kappa shape index (κ3) is 2.75. The Labute approximate surface area is 132 Å². The summed E-state index contributed by atoms with van der Waals surface area (Å²) in [6.45, 7) is 0. The Morgan fingerprint density at radius 2 is 2.14 bits per heavy atom. The lowest BCUT2D eigenvalue weighted by molar-refractivity contribution is 0.596. The number of hydrogen-bond acceptors (Lipinski definition) is 3. The summed E-state index contributed by atoms with van der Waals surface area (Å²) in [4.78, 5) is 4.17. The highest BCUT2D eigenvalue weighted by Gasteiger charge is 2.17. The van der Waals surface area contributed by atoms with Crippen molar-refractivity contribution in [3.05, 3.63) is 64.2 Å². The lowest BCUT2D eigenvalue weighted by Crippen LogP contribution is -2.19. The number of rotatable bonds is 4. The molecule has 0 spiro atoms. The summed E-state index contributed by atoms with van der Waals surface area (Å²) in [7, 11) is 1.92. The van der Waals surface area contributed by atoms with Crippen molar-refractivity contribution in [1.82, 2.24) is 19.9 Å². The average Bonchev–Trinajstić information content (AvgIpc) is 2.93. The van der Waals surface area contributed by atoms with Crippen molar-refractivity contribution in [3.63, 3.8) is 0 Å². The van der Waals surface area contributed by atoms with E-state index in [1.54, 1.807) is 12.3 Å². The highest BCUT2D eigenvalue weighted by Crippen LogP contribution is 2.30. The van der Waals surface area contributed by atoms with Crippen LogP contribution in [0.4, 0.5) is 0 Å². The first-order valence-electron chi connectivity index (χ1n) is 6.58. The van der Waals surface area contributed by atoms with Crippen molar-refractivity contribution >= 4 is 28.7 Å². The van der Waals surface area contributed by atoms with E-state index in [0.717, 1.165) is 23.1 Å². The third-order valence-electron chi connectivity index (χ3n) is 3.53. The maximum Gasteiger partial charge on any atom is 0.0892 e. The van der Waals surface area contributed by atoms with Gasteiger partial charge in [-0.3, -0.25) is 4.98 Å². The molecule has 3 rings (SSSR count). The molecule has 1 aromatic carbocycles. The molecule has 0 saturated heterocycles. The molecule has 6 heteroatoms. The molecule has 1 unspecified atom stereocenters. The highest BCUT2D eigenvalue weighted by atomic mass is 35.5. The van der Waals surface area contributed by atoms with Gasteiger partial charge >= 0.3 is 0 Å². The van der Waals surface area contributed by atoms with Gasteiger partial charge in [-0.25, -0.2) is 4.52 Å². The van der Waals surface area contributed by atoms with Gasteiger partial charge in [0.2, 0.25) is 0 Å². The lowest BCUT2D eigenvalue weighted by atomic mass is 10.0. The Hall–Kier alpha value is -1.62. The van der Waals surface area contributed by atoms with Crippen LogP contribution >= 0.6 is 23.2 Å². The van der Waals surface area contributed by atoms with Crippen LogP contribution in [0.25, 0.3) is 5.52 Å². The molecule has 0 bridgehead atoms. The molecule has 0 aliphatic carbocycles. The molecule has 0 aliphatic rings. The molecule has 21 heavy (non-hydrogen) atoms. The van der Waals surface area contributed by atoms with Gasteiger partial charge in [0.1, 0.15) is 0 Å². The Morgan fingerprint density at radius 3 is 2.95 bits per heavy atom. The summed E-state index contributed by atoms with van der Waals surface area (Å²) < 4.78 is 1.81. The zero-order valence-corrected chi connectivity index (χ0v) is 12.9. The van der Waals surface area contributed by atoms with Crippen LogP contribution in [0.1, 0.15) is 17.2 Å². The van der Waals surface area contributed by atoms with Gasteiger partial charge in [-0.2, -0.15) is 5.10 Å². The first-order chi connectivity index (χ1) is 10.2. The van der Waals surface area contributed by atoms with E-state index in [1.807, 2.05) is 42.3 Å². The lowest BCUT2D eigenvalue weighted by Gasteiger charge is -2.16. The molecule has 0 saturated carbocycles. The summed E-state index contributed by atoms with van der Waals surface area (Å²) in [6.07, 6.45) is 7.94. The van der Waals surface area contributed by atoms with Crippen LogP contribution in [0, 0.1) is 0 Å². The second-order valence-corrected chi connectivity index (χ2v) is 5.55. The highest BCUT2D eigenvalue weighted by molar-refractivity contribution is 6.42. The zero-order chi connectivity index (χ0) is 14.8. The summed E-state index contributed by atoms with van der Waals surface area (Å²) in [5.41, 5.74) is 3.07. The number of nitrogens with one attached hydrogen (secondary N) is 1. The predicted octanol–water partition coefficient (Wildman–Crippen LogP) is 3.54. The largest absolute Gasteiger partial charge is 0.313 e. The number of hydrogen-bond donors (Lipinski definition) is 1. The predicted molar refractivity (Wildman–Crippen MR) is 85.0 cm³/mol. The molecule has 2 heterocycles. The topological polar surface area (TPSA) is 42.2 Å². The minimum atomic E-state index is 0.0858. The Kier molecular flexibility index (Phi) is 4.10. The SMILES string of the molecule is CNC(Cc1cccc(Cl)c1Cl)c1cnn2ccncc12. The number of likely N-dealkylation sites (N-methyl/N-ethyl adjacent to an activating group) is 1. The molecule has 2 aromatic heterocycles. The van der Waals surface area contributed by atoms with Crippen LogP contribution < -0.4 is 5.32 Å². The van der Waals surface area contributed by atoms with E-state index in [0.29, 0.717) is 10.0 Å². The summed E-state index contributed by atoms with van der Waals surface area (Å²) in [5.74, 6) is 0. The van der Waals surface area contributed by atoms with E-state index in [9.17, 15) is 0 Å². The minimum Gasteiger partial charge on any atom is -0.313 e. The second-order valence-electron chi connectivity index (χ2n) is 4.76. The fraction of sp³-hybridized carbons (Fsp3) is 0.200. The van der Waals surface area contributed by atoms with Crippen molar-refractivity contribution in [3.8, 4) is 0 Å². The fourth-order valence-corrected chi connectivity index (χ4v) is 2.81. The van der Waals surface area contributed by atoms with Crippen LogP contribution in [0.15, 0.2) is 43.0 Å². The van der Waals surface area contributed by atoms with Gasteiger partial charge in [0.25, 0.3) is 0 Å². The molecule has 1 N–H and O–H groups in total. The van der Waals surface area contributed by atoms with E-state index in [1.165, 1.54) is 0 Å². The van der Waals surface area contributed by atoms with Gasteiger partial charge in [-0.1, -0.05) is 35.3 Å². The van der Waals surface area contributed by atoms with Crippen LogP contribution in [-0.2, 0) is 6.42 Å². The molecule has 1 atom stereocenters. The first kappa shape index (κ1) is 14.3. The van der Waals surface area contributed by atoms with Crippen LogP contribution in [0.5, 0.6) is 0 Å². The fourth-order valence-electron chi connectivity index (χ4n) is 2.41. The molecule has 3 aromatic rings. The number of fused-ring (bicyclic) bond motifs is 1. The molecule has 0 radical (unpaired) electrons. The molecule has 0 amide bonds. The van der Waals surface area contributed by atoms with Crippen molar-refractivity contribution in [2.75, 3.05) is 7.05 Å². The number of aromatic nitrogens is 3. The molecule has 108 valence electrons. The van der Waals surface area contributed by atoms with Crippen LogP contribution in [0.2, 0.25) is 10.0 Å². The van der Waals surface area contributed by atoms with Crippen molar-refractivity contribution < 1.29 is 0 Å². The molecule has 0 aliphatic heterocycles. The minimum absolute atomic E-state index is 0.0858. The number of halogens is 2. The Morgan fingerprint density at radius 1 is 1.29 bits per heavy atom. The van der Waals surface area contributed by atoms with Gasteiger partial charge in [-0.15, -0.1) is 0 Å². The van der Waals surface area contributed by atoms with Crippen molar-refractivity contribution in [2.24, 2.45) is 0 Å². The quantitative estimate of drug-likeness (QED) is 0.799. The maximum absolute atomic E-state index is 6.28. The summed E-state index contributed by atoms with van der Waals surface area (Å²) in [6, 6.07) is 5.78. The first-order valence-corrected chi connectivity index (χ1v) is 7.33.